The molecule has 0 saturated heterocycles. The maximum Gasteiger partial charge on any atom is 0.127 e. The standard InChI is InChI=1S/C29H34ClFN2/c1-17(2)9-8-10-22-11-12-23(15-25(22)31)28-20(6)19(5)27(21(7)29(28)30)24-13-14-26(32-16-24)33-18(3)4/h9,11-16,18H,8,10H2,1-7H3,(H,32,33). The Bertz CT molecular complexity index is 1140. The number of aromatic nitrogens is 1. The number of anilines is 1. The number of rotatable bonds is 7. The van der Waals surface area contributed by atoms with E-state index in [1.807, 2.05) is 31.3 Å². The van der Waals surface area contributed by atoms with Crippen LogP contribution >= 0.6 is 11.6 Å². The summed E-state index contributed by atoms with van der Waals surface area (Å²) in [6.07, 6.45) is 5.55. The van der Waals surface area contributed by atoms with Crippen LogP contribution in [0.15, 0.2) is 48.2 Å². The summed E-state index contributed by atoms with van der Waals surface area (Å²) in [7, 11) is 0. The number of hydrogen-bond acceptors (Lipinski definition) is 2. The largest absolute Gasteiger partial charge is 0.368 e. The topological polar surface area (TPSA) is 24.9 Å². The second-order valence-electron chi connectivity index (χ2n) is 9.30. The van der Waals surface area contributed by atoms with E-state index >= 15 is 0 Å². The van der Waals surface area contributed by atoms with Crippen molar-refractivity contribution in [1.82, 2.24) is 4.98 Å². The molecule has 0 aliphatic rings. The summed E-state index contributed by atoms with van der Waals surface area (Å²) in [5, 5.41) is 3.98. The Balaban J connectivity index is 2.01. The summed E-state index contributed by atoms with van der Waals surface area (Å²) >= 11 is 6.91. The molecular formula is C29H34ClFN2. The molecule has 2 nitrogen and oxygen atoms in total. The van der Waals surface area contributed by atoms with Gasteiger partial charge in [0.05, 0.1) is 5.02 Å². The summed E-state index contributed by atoms with van der Waals surface area (Å²) in [5.74, 6) is 0.672. The van der Waals surface area contributed by atoms with E-state index in [0.29, 0.717) is 17.5 Å². The number of benzene rings is 2. The molecule has 0 aliphatic heterocycles. The first-order valence-electron chi connectivity index (χ1n) is 11.5. The SMILES string of the molecule is CC(C)=CCCc1ccc(-c2c(C)c(C)c(-c3ccc(NC(C)C)nc3)c(C)c2Cl)cc1F. The van der Waals surface area contributed by atoms with Crippen LogP contribution in [0.5, 0.6) is 0 Å². The van der Waals surface area contributed by atoms with Crippen molar-refractivity contribution in [3.63, 3.8) is 0 Å². The zero-order chi connectivity index (χ0) is 24.3. The van der Waals surface area contributed by atoms with E-state index in [0.717, 1.165) is 56.7 Å². The Hall–Kier alpha value is -2.65. The van der Waals surface area contributed by atoms with Crippen molar-refractivity contribution in [3.8, 4) is 22.3 Å². The number of nitrogens with one attached hydrogen (secondary N) is 1. The van der Waals surface area contributed by atoms with Gasteiger partial charge in [0.15, 0.2) is 0 Å². The summed E-state index contributed by atoms with van der Waals surface area (Å²) in [6.45, 7) is 14.5. The smallest absolute Gasteiger partial charge is 0.127 e. The number of allylic oxidation sites excluding steroid dienone is 2. The third-order valence-electron chi connectivity index (χ3n) is 6.03. The summed E-state index contributed by atoms with van der Waals surface area (Å²) < 4.78 is 14.9. The number of halogens is 2. The zero-order valence-electron chi connectivity index (χ0n) is 20.7. The Labute approximate surface area is 202 Å². The molecule has 0 spiro atoms. The van der Waals surface area contributed by atoms with Crippen LogP contribution in [-0.2, 0) is 6.42 Å². The molecular weight excluding hydrogens is 431 g/mol. The second-order valence-corrected chi connectivity index (χ2v) is 9.67. The normalized spacial score (nSPS) is 11.1. The molecule has 3 aromatic rings. The highest BCUT2D eigenvalue weighted by molar-refractivity contribution is 6.35. The van der Waals surface area contributed by atoms with Gasteiger partial charge >= 0.3 is 0 Å². The van der Waals surface area contributed by atoms with E-state index in [4.69, 9.17) is 11.6 Å². The molecule has 3 rings (SSSR count). The van der Waals surface area contributed by atoms with Gasteiger partial charge < -0.3 is 5.32 Å². The minimum atomic E-state index is -0.179. The monoisotopic (exact) mass is 464 g/mol. The van der Waals surface area contributed by atoms with E-state index in [1.54, 1.807) is 6.07 Å². The van der Waals surface area contributed by atoms with Crippen molar-refractivity contribution in [2.75, 3.05) is 5.32 Å². The van der Waals surface area contributed by atoms with Crippen LogP contribution in [0.4, 0.5) is 10.2 Å². The predicted molar refractivity (Wildman–Crippen MR) is 141 cm³/mol. The minimum absolute atomic E-state index is 0.179. The maximum atomic E-state index is 14.9. The van der Waals surface area contributed by atoms with Gasteiger partial charge in [-0.3, -0.25) is 0 Å². The van der Waals surface area contributed by atoms with Crippen LogP contribution in [0.3, 0.4) is 0 Å². The van der Waals surface area contributed by atoms with E-state index in [9.17, 15) is 4.39 Å². The van der Waals surface area contributed by atoms with Crippen LogP contribution in [0.1, 0.15) is 56.4 Å². The van der Waals surface area contributed by atoms with Gasteiger partial charge in [0.1, 0.15) is 11.6 Å². The first kappa shape index (κ1) is 25.0. The van der Waals surface area contributed by atoms with E-state index in [1.165, 1.54) is 5.57 Å². The second kappa shape index (κ2) is 10.5. The fourth-order valence-electron chi connectivity index (χ4n) is 4.24. The fourth-order valence-corrected chi connectivity index (χ4v) is 4.58. The summed E-state index contributed by atoms with van der Waals surface area (Å²) in [4.78, 5) is 4.57. The molecule has 33 heavy (non-hydrogen) atoms. The number of pyridine rings is 1. The predicted octanol–water partition coefficient (Wildman–Crippen LogP) is 8.85. The average Bonchev–Trinajstić information content (AvgIpc) is 2.75. The van der Waals surface area contributed by atoms with Crippen molar-refractivity contribution < 1.29 is 4.39 Å². The Morgan fingerprint density at radius 2 is 1.67 bits per heavy atom. The lowest BCUT2D eigenvalue weighted by molar-refractivity contribution is 0.610. The van der Waals surface area contributed by atoms with Gasteiger partial charge in [-0.2, -0.15) is 0 Å². The molecule has 2 aromatic carbocycles. The highest BCUT2D eigenvalue weighted by atomic mass is 35.5. The molecule has 0 radical (unpaired) electrons. The lowest BCUT2D eigenvalue weighted by atomic mass is 9.87. The average molecular weight is 465 g/mol. The third-order valence-corrected chi connectivity index (χ3v) is 6.51. The summed E-state index contributed by atoms with van der Waals surface area (Å²) in [6, 6.07) is 9.89. The van der Waals surface area contributed by atoms with Gasteiger partial charge in [-0.1, -0.05) is 35.4 Å². The molecule has 0 amide bonds. The maximum absolute atomic E-state index is 14.9. The van der Waals surface area contributed by atoms with Crippen molar-refractivity contribution in [3.05, 3.63) is 81.3 Å². The Morgan fingerprint density at radius 1 is 1.00 bits per heavy atom. The number of nitrogens with zero attached hydrogens (tertiary/aromatic N) is 1. The van der Waals surface area contributed by atoms with Gasteiger partial charge in [0, 0.05) is 23.4 Å². The van der Waals surface area contributed by atoms with Crippen LogP contribution in [-0.4, -0.2) is 11.0 Å². The van der Waals surface area contributed by atoms with Gasteiger partial charge in [0.25, 0.3) is 0 Å². The molecule has 1 aromatic heterocycles. The van der Waals surface area contributed by atoms with Gasteiger partial charge in [0.2, 0.25) is 0 Å². The number of aryl methyl sites for hydroxylation is 1. The first-order valence-corrected chi connectivity index (χ1v) is 11.9. The van der Waals surface area contributed by atoms with Gasteiger partial charge in [-0.15, -0.1) is 0 Å². The minimum Gasteiger partial charge on any atom is -0.368 e. The van der Waals surface area contributed by atoms with Crippen molar-refractivity contribution in [2.24, 2.45) is 0 Å². The molecule has 0 saturated carbocycles. The molecule has 1 heterocycles. The Morgan fingerprint density at radius 3 is 2.24 bits per heavy atom. The van der Waals surface area contributed by atoms with Gasteiger partial charge in [-0.25, -0.2) is 9.37 Å². The van der Waals surface area contributed by atoms with E-state index in [2.05, 4.69) is 64.0 Å². The summed E-state index contributed by atoms with van der Waals surface area (Å²) in [5.41, 5.74) is 8.98. The van der Waals surface area contributed by atoms with Crippen LogP contribution in [0, 0.1) is 26.6 Å². The molecule has 0 aliphatic carbocycles. The highest BCUT2D eigenvalue weighted by Gasteiger charge is 2.19. The lowest BCUT2D eigenvalue weighted by Gasteiger charge is -2.20. The number of hydrogen-bond donors (Lipinski definition) is 1. The molecule has 4 heteroatoms. The third kappa shape index (κ3) is 5.65. The van der Waals surface area contributed by atoms with Crippen molar-refractivity contribution >= 4 is 17.4 Å². The van der Waals surface area contributed by atoms with Crippen molar-refractivity contribution in [2.45, 2.75) is 67.3 Å². The molecule has 0 bridgehead atoms. The Kier molecular flexibility index (Phi) is 7.97. The van der Waals surface area contributed by atoms with Crippen LogP contribution in [0.2, 0.25) is 5.02 Å². The van der Waals surface area contributed by atoms with E-state index < -0.39 is 0 Å². The van der Waals surface area contributed by atoms with Gasteiger partial charge in [-0.05, 0) is 113 Å². The molecule has 174 valence electrons. The van der Waals surface area contributed by atoms with Crippen LogP contribution in [0.25, 0.3) is 22.3 Å². The lowest BCUT2D eigenvalue weighted by Crippen LogP contribution is -2.10. The first-order chi connectivity index (χ1) is 15.6. The molecule has 0 atom stereocenters. The molecule has 0 unspecified atom stereocenters. The van der Waals surface area contributed by atoms with E-state index in [-0.39, 0.29) is 5.82 Å². The van der Waals surface area contributed by atoms with Crippen LogP contribution < -0.4 is 5.32 Å². The quantitative estimate of drug-likeness (QED) is 0.353. The fraction of sp³-hybridized carbons (Fsp3) is 0.345. The molecule has 0 fully saturated rings. The molecule has 1 N–H and O–H groups in total. The van der Waals surface area contributed by atoms with Crippen molar-refractivity contribution in [1.29, 1.82) is 0 Å². The highest BCUT2D eigenvalue weighted by Crippen LogP contribution is 2.42. The zero-order valence-corrected chi connectivity index (χ0v) is 21.5.